The van der Waals surface area contributed by atoms with Crippen LogP contribution in [0.25, 0.3) is 0 Å². The van der Waals surface area contributed by atoms with Crippen LogP contribution < -0.4 is 14.9 Å². The van der Waals surface area contributed by atoms with Crippen molar-refractivity contribution in [2.75, 3.05) is 7.11 Å². The summed E-state index contributed by atoms with van der Waals surface area (Å²) in [6, 6.07) is 10.4. The quantitative estimate of drug-likeness (QED) is 0.469. The number of nitrogens with one attached hydrogen (secondary N) is 1. The molecule has 0 aliphatic rings. The summed E-state index contributed by atoms with van der Waals surface area (Å²) in [5.41, 5.74) is 3.69. The van der Waals surface area contributed by atoms with E-state index in [4.69, 9.17) is 37.9 Å². The molecule has 0 aromatic heterocycles. The minimum absolute atomic E-state index is 0.225. The van der Waals surface area contributed by atoms with Gasteiger partial charge in [0.15, 0.2) is 11.5 Å². The van der Waals surface area contributed by atoms with Crippen LogP contribution in [0.5, 0.6) is 11.5 Å². The van der Waals surface area contributed by atoms with Gasteiger partial charge in [-0.05, 0) is 45.8 Å². The monoisotopic (exact) mass is 469 g/mol. The largest absolute Gasteiger partial charge is 0.493 e. The molecule has 9 heteroatoms. The highest BCUT2D eigenvalue weighted by atomic mass is 79.9. The number of carbonyl (C=O) groups excluding carboxylic acids is 1. The number of nitrogens with zero attached hydrogens (tertiary/aromatic N) is 2. The second-order valence-corrected chi connectivity index (χ2v) is 6.88. The molecule has 0 saturated carbocycles. The number of methoxy groups -OCH3 is 1. The summed E-state index contributed by atoms with van der Waals surface area (Å²) in [7, 11) is 1.51. The molecule has 0 saturated heterocycles. The maximum atomic E-state index is 11.2. The number of rotatable bonds is 7. The predicted molar refractivity (Wildman–Crippen MR) is 107 cm³/mol. The first kappa shape index (κ1) is 21.0. The number of halogens is 3. The molecule has 1 N–H and O–H groups in total. The zero-order valence-electron chi connectivity index (χ0n) is 14.1. The van der Waals surface area contributed by atoms with Gasteiger partial charge in [0.05, 0.1) is 23.9 Å². The third-order valence-electron chi connectivity index (χ3n) is 3.28. The normalized spacial score (nSPS) is 10.5. The van der Waals surface area contributed by atoms with E-state index in [1.807, 2.05) is 0 Å². The van der Waals surface area contributed by atoms with Gasteiger partial charge in [0.2, 0.25) is 0 Å². The summed E-state index contributed by atoms with van der Waals surface area (Å²) in [6.45, 7) is 0.225. The van der Waals surface area contributed by atoms with Crippen LogP contribution >= 0.6 is 39.1 Å². The van der Waals surface area contributed by atoms with E-state index >= 15 is 0 Å². The average molecular weight is 471 g/mol. The minimum Gasteiger partial charge on any atom is -0.493 e. The fourth-order valence-electron chi connectivity index (χ4n) is 2.03. The molecule has 0 spiro atoms. The van der Waals surface area contributed by atoms with Gasteiger partial charge in [-0.2, -0.15) is 10.4 Å². The second-order valence-electron chi connectivity index (χ2n) is 5.19. The van der Waals surface area contributed by atoms with Crippen molar-refractivity contribution >= 4 is 51.3 Å². The van der Waals surface area contributed by atoms with Crippen molar-refractivity contribution < 1.29 is 14.3 Å². The molecule has 1 amide bonds. The topological polar surface area (TPSA) is 83.7 Å². The molecular formula is C18H14BrCl2N3O3. The van der Waals surface area contributed by atoms with Crippen LogP contribution in [0.1, 0.15) is 17.5 Å². The van der Waals surface area contributed by atoms with E-state index in [-0.39, 0.29) is 13.0 Å². The molecule has 6 nitrogen and oxygen atoms in total. The van der Waals surface area contributed by atoms with Gasteiger partial charge in [0.1, 0.15) is 13.0 Å². The van der Waals surface area contributed by atoms with Gasteiger partial charge in [-0.3, -0.25) is 4.79 Å². The van der Waals surface area contributed by atoms with Gasteiger partial charge in [0.25, 0.3) is 5.91 Å². The average Bonchev–Trinajstić information content (AvgIpc) is 2.62. The zero-order valence-corrected chi connectivity index (χ0v) is 17.2. The molecule has 2 aromatic carbocycles. The van der Waals surface area contributed by atoms with Crippen molar-refractivity contribution in [3.63, 3.8) is 0 Å². The molecular weight excluding hydrogens is 457 g/mol. The highest BCUT2D eigenvalue weighted by molar-refractivity contribution is 9.10. The third kappa shape index (κ3) is 6.14. The summed E-state index contributed by atoms with van der Waals surface area (Å²) in [5, 5.41) is 13.3. The highest BCUT2D eigenvalue weighted by Crippen LogP contribution is 2.37. The lowest BCUT2D eigenvalue weighted by atomic mass is 10.2. The Morgan fingerprint density at radius 3 is 2.81 bits per heavy atom. The smallest absolute Gasteiger partial charge is 0.254 e. The van der Waals surface area contributed by atoms with Crippen LogP contribution in [0, 0.1) is 11.3 Å². The number of benzene rings is 2. The third-order valence-corrected chi connectivity index (χ3v) is 4.46. The first-order valence-corrected chi connectivity index (χ1v) is 9.12. The van der Waals surface area contributed by atoms with E-state index in [1.54, 1.807) is 36.4 Å². The van der Waals surface area contributed by atoms with Gasteiger partial charge in [-0.1, -0.05) is 29.3 Å². The maximum absolute atomic E-state index is 11.2. The molecule has 0 heterocycles. The minimum atomic E-state index is -0.487. The molecule has 0 fully saturated rings. The van der Waals surface area contributed by atoms with E-state index in [2.05, 4.69) is 26.5 Å². The Bertz CT molecular complexity index is 913. The van der Waals surface area contributed by atoms with Gasteiger partial charge in [-0.15, -0.1) is 0 Å². The van der Waals surface area contributed by atoms with E-state index in [0.717, 1.165) is 5.56 Å². The fraction of sp³-hybridized carbons (Fsp3) is 0.167. The second kappa shape index (κ2) is 10.2. The van der Waals surface area contributed by atoms with E-state index in [0.29, 0.717) is 31.6 Å². The van der Waals surface area contributed by atoms with E-state index < -0.39 is 5.91 Å². The number of ether oxygens (including phenoxy) is 2. The number of amides is 1. The lowest BCUT2D eigenvalue weighted by molar-refractivity contribution is -0.120. The van der Waals surface area contributed by atoms with Gasteiger partial charge in [0, 0.05) is 15.6 Å². The SMILES string of the molecule is COc1cc(/C=N\NC(=O)CC#N)cc(Br)c1OCc1ccc(Cl)cc1Cl. The number of nitriles is 1. The van der Waals surface area contributed by atoms with Crippen molar-refractivity contribution in [3.8, 4) is 17.6 Å². The molecule has 2 rings (SSSR count). The van der Waals surface area contributed by atoms with Crippen molar-refractivity contribution in [2.24, 2.45) is 5.10 Å². The standard InChI is InChI=1S/C18H14BrCl2N3O3/c1-26-16-7-11(9-23-24-17(25)4-5-22)6-14(19)18(16)27-10-12-2-3-13(20)8-15(12)21/h2-3,6-9H,4,10H2,1H3,(H,24,25)/b23-9-. The molecule has 0 aliphatic carbocycles. The van der Waals surface area contributed by atoms with Crippen LogP contribution in [0.4, 0.5) is 0 Å². The van der Waals surface area contributed by atoms with Crippen molar-refractivity contribution in [3.05, 3.63) is 56.0 Å². The maximum Gasteiger partial charge on any atom is 0.254 e. The lowest BCUT2D eigenvalue weighted by Crippen LogP contribution is -2.16. The van der Waals surface area contributed by atoms with Crippen LogP contribution in [0.2, 0.25) is 10.0 Å². The Morgan fingerprint density at radius 2 is 2.15 bits per heavy atom. The molecule has 0 atom stereocenters. The molecule has 0 bridgehead atoms. The Hall–Kier alpha value is -2.27. The molecule has 0 radical (unpaired) electrons. The van der Waals surface area contributed by atoms with Gasteiger partial charge in [-0.25, -0.2) is 5.43 Å². The summed E-state index contributed by atoms with van der Waals surface area (Å²) >= 11 is 15.5. The number of hydrogen-bond donors (Lipinski definition) is 1. The fourth-order valence-corrected chi connectivity index (χ4v) is 3.07. The van der Waals surface area contributed by atoms with Gasteiger partial charge < -0.3 is 9.47 Å². The van der Waals surface area contributed by atoms with Crippen molar-refractivity contribution in [1.29, 1.82) is 5.26 Å². The Kier molecular flexibility index (Phi) is 7.92. The summed E-state index contributed by atoms with van der Waals surface area (Å²) in [6.07, 6.45) is 1.17. The first-order chi connectivity index (χ1) is 12.9. The molecule has 140 valence electrons. The Morgan fingerprint density at radius 1 is 1.37 bits per heavy atom. The first-order valence-electron chi connectivity index (χ1n) is 7.57. The molecule has 27 heavy (non-hydrogen) atoms. The van der Waals surface area contributed by atoms with Gasteiger partial charge >= 0.3 is 0 Å². The van der Waals surface area contributed by atoms with Crippen LogP contribution in [0.3, 0.4) is 0 Å². The number of carbonyl (C=O) groups is 1. The van der Waals surface area contributed by atoms with Crippen LogP contribution in [0.15, 0.2) is 39.9 Å². The number of hydrazone groups is 1. The molecule has 0 unspecified atom stereocenters. The van der Waals surface area contributed by atoms with Crippen LogP contribution in [-0.4, -0.2) is 19.2 Å². The highest BCUT2D eigenvalue weighted by Gasteiger charge is 2.12. The number of hydrogen-bond acceptors (Lipinski definition) is 5. The van der Waals surface area contributed by atoms with Crippen molar-refractivity contribution in [1.82, 2.24) is 5.43 Å². The van der Waals surface area contributed by atoms with Crippen molar-refractivity contribution in [2.45, 2.75) is 13.0 Å². The zero-order chi connectivity index (χ0) is 19.8. The predicted octanol–water partition coefficient (Wildman–Crippen LogP) is 4.71. The van der Waals surface area contributed by atoms with E-state index in [9.17, 15) is 4.79 Å². The molecule has 2 aromatic rings. The summed E-state index contributed by atoms with van der Waals surface area (Å²) < 4.78 is 11.9. The Labute approximate surface area is 174 Å². The lowest BCUT2D eigenvalue weighted by Gasteiger charge is -2.14. The van der Waals surface area contributed by atoms with Crippen LogP contribution in [-0.2, 0) is 11.4 Å². The summed E-state index contributed by atoms with van der Waals surface area (Å²) in [4.78, 5) is 11.2. The molecule has 0 aliphatic heterocycles. The summed E-state index contributed by atoms with van der Waals surface area (Å²) in [5.74, 6) is 0.480. The Balaban J connectivity index is 2.14. The van der Waals surface area contributed by atoms with E-state index in [1.165, 1.54) is 13.3 Å².